The van der Waals surface area contributed by atoms with Crippen LogP contribution in [0.5, 0.6) is 0 Å². The first kappa shape index (κ1) is 15.0. The smallest absolute Gasteiger partial charge is 0.222 e. The fourth-order valence-electron chi connectivity index (χ4n) is 2.64. The minimum Gasteiger partial charge on any atom is -0.340 e. The SMILES string of the molecule is CC1CN(C(=O)CCc2ccc(C(C)C)cc2)CCN1. The standard InChI is InChI=1S/C17H26N2O/c1-13(2)16-7-4-15(5-8-16)6-9-17(20)19-11-10-18-14(3)12-19/h4-5,7-8,13-14,18H,6,9-12H2,1-3H3. The van der Waals surface area contributed by atoms with Crippen LogP contribution in [0.15, 0.2) is 24.3 Å². The lowest BCUT2D eigenvalue weighted by atomic mass is 10.00. The molecule has 1 N–H and O–H groups in total. The summed E-state index contributed by atoms with van der Waals surface area (Å²) < 4.78 is 0. The average molecular weight is 274 g/mol. The molecule has 110 valence electrons. The predicted molar refractivity (Wildman–Crippen MR) is 82.9 cm³/mol. The number of amides is 1. The number of nitrogens with zero attached hydrogens (tertiary/aromatic N) is 1. The molecule has 1 aromatic carbocycles. The largest absolute Gasteiger partial charge is 0.340 e. The Labute approximate surface area is 122 Å². The van der Waals surface area contributed by atoms with Crippen molar-refractivity contribution in [1.29, 1.82) is 0 Å². The van der Waals surface area contributed by atoms with Crippen LogP contribution in [-0.4, -0.2) is 36.5 Å². The summed E-state index contributed by atoms with van der Waals surface area (Å²) in [7, 11) is 0. The third kappa shape index (κ3) is 4.07. The zero-order valence-corrected chi connectivity index (χ0v) is 12.9. The van der Waals surface area contributed by atoms with Crippen LogP contribution in [0.25, 0.3) is 0 Å². The maximum atomic E-state index is 12.2. The topological polar surface area (TPSA) is 32.3 Å². The van der Waals surface area contributed by atoms with Crippen molar-refractivity contribution >= 4 is 5.91 Å². The first-order chi connectivity index (χ1) is 9.56. The van der Waals surface area contributed by atoms with Crippen LogP contribution >= 0.6 is 0 Å². The highest BCUT2D eigenvalue weighted by atomic mass is 16.2. The molecule has 0 spiro atoms. The van der Waals surface area contributed by atoms with Crippen molar-refractivity contribution in [2.75, 3.05) is 19.6 Å². The normalized spacial score (nSPS) is 19.4. The molecule has 1 aliphatic rings. The van der Waals surface area contributed by atoms with Crippen molar-refractivity contribution in [2.24, 2.45) is 0 Å². The van der Waals surface area contributed by atoms with Crippen LogP contribution in [0, 0.1) is 0 Å². The molecule has 20 heavy (non-hydrogen) atoms. The van der Waals surface area contributed by atoms with Gasteiger partial charge in [-0.2, -0.15) is 0 Å². The van der Waals surface area contributed by atoms with Gasteiger partial charge in [-0.3, -0.25) is 4.79 Å². The van der Waals surface area contributed by atoms with E-state index in [1.165, 1.54) is 11.1 Å². The number of benzene rings is 1. The van der Waals surface area contributed by atoms with Crippen molar-refractivity contribution in [1.82, 2.24) is 10.2 Å². The Morgan fingerprint density at radius 2 is 2.05 bits per heavy atom. The first-order valence-corrected chi connectivity index (χ1v) is 7.66. The minimum atomic E-state index is 0.284. The van der Waals surface area contributed by atoms with E-state index in [1.807, 2.05) is 4.90 Å². The van der Waals surface area contributed by atoms with E-state index in [1.54, 1.807) is 0 Å². The van der Waals surface area contributed by atoms with Gasteiger partial charge in [0.15, 0.2) is 0 Å². The van der Waals surface area contributed by atoms with Gasteiger partial charge in [0.2, 0.25) is 5.91 Å². The molecule has 0 aromatic heterocycles. The Bertz CT molecular complexity index is 439. The molecule has 0 bridgehead atoms. The van der Waals surface area contributed by atoms with Crippen molar-refractivity contribution in [3.63, 3.8) is 0 Å². The van der Waals surface area contributed by atoms with Crippen LogP contribution in [0.4, 0.5) is 0 Å². The molecule has 0 aliphatic carbocycles. The number of piperazine rings is 1. The van der Waals surface area contributed by atoms with E-state index in [0.29, 0.717) is 18.4 Å². The molecular weight excluding hydrogens is 248 g/mol. The molecule has 0 saturated carbocycles. The van der Waals surface area contributed by atoms with Gasteiger partial charge in [0.25, 0.3) is 0 Å². The van der Waals surface area contributed by atoms with E-state index < -0.39 is 0 Å². The van der Waals surface area contributed by atoms with Gasteiger partial charge in [-0.1, -0.05) is 38.1 Å². The van der Waals surface area contributed by atoms with E-state index >= 15 is 0 Å². The summed E-state index contributed by atoms with van der Waals surface area (Å²) in [5, 5.41) is 3.36. The van der Waals surface area contributed by atoms with Crippen LogP contribution in [0.2, 0.25) is 0 Å². The maximum absolute atomic E-state index is 12.2. The number of nitrogens with one attached hydrogen (secondary N) is 1. The molecule has 1 atom stereocenters. The van der Waals surface area contributed by atoms with E-state index in [0.717, 1.165) is 26.1 Å². The summed E-state index contributed by atoms with van der Waals surface area (Å²) in [6, 6.07) is 9.08. The fraction of sp³-hybridized carbons (Fsp3) is 0.588. The lowest BCUT2D eigenvalue weighted by Gasteiger charge is -2.32. The monoisotopic (exact) mass is 274 g/mol. The molecule has 1 fully saturated rings. The fourth-order valence-corrected chi connectivity index (χ4v) is 2.64. The minimum absolute atomic E-state index is 0.284. The highest BCUT2D eigenvalue weighted by Gasteiger charge is 2.19. The Balaban J connectivity index is 1.83. The number of hydrogen-bond donors (Lipinski definition) is 1. The summed E-state index contributed by atoms with van der Waals surface area (Å²) >= 11 is 0. The maximum Gasteiger partial charge on any atom is 0.222 e. The van der Waals surface area contributed by atoms with Crippen LogP contribution in [0.3, 0.4) is 0 Å². The number of carbonyl (C=O) groups excluding carboxylic acids is 1. The average Bonchev–Trinajstić information content (AvgIpc) is 2.45. The Kier molecular flexibility index (Phi) is 5.18. The molecule has 1 saturated heterocycles. The summed E-state index contributed by atoms with van der Waals surface area (Å²) in [5.74, 6) is 0.847. The molecule has 0 radical (unpaired) electrons. The third-order valence-electron chi connectivity index (χ3n) is 4.00. The molecule has 2 rings (SSSR count). The van der Waals surface area contributed by atoms with Gasteiger partial charge >= 0.3 is 0 Å². The molecule has 3 nitrogen and oxygen atoms in total. The molecule has 1 aromatic rings. The Morgan fingerprint density at radius 1 is 1.35 bits per heavy atom. The summed E-state index contributed by atoms with van der Waals surface area (Å²) in [5.41, 5.74) is 2.61. The second kappa shape index (κ2) is 6.89. The number of hydrogen-bond acceptors (Lipinski definition) is 2. The summed E-state index contributed by atoms with van der Waals surface area (Å²) in [6.07, 6.45) is 1.46. The molecule has 3 heteroatoms. The van der Waals surface area contributed by atoms with Gasteiger partial charge in [-0.15, -0.1) is 0 Å². The van der Waals surface area contributed by atoms with Gasteiger partial charge in [0, 0.05) is 32.1 Å². The molecule has 1 amide bonds. The summed E-state index contributed by atoms with van der Waals surface area (Å²) in [4.78, 5) is 14.2. The van der Waals surface area contributed by atoms with E-state index in [9.17, 15) is 4.79 Å². The van der Waals surface area contributed by atoms with Crippen molar-refractivity contribution in [3.8, 4) is 0 Å². The van der Waals surface area contributed by atoms with Gasteiger partial charge in [0.05, 0.1) is 0 Å². The predicted octanol–water partition coefficient (Wildman–Crippen LogP) is 2.56. The van der Waals surface area contributed by atoms with E-state index in [2.05, 4.69) is 50.4 Å². The van der Waals surface area contributed by atoms with Crippen LogP contribution in [-0.2, 0) is 11.2 Å². The molecule has 1 aliphatic heterocycles. The lowest BCUT2D eigenvalue weighted by Crippen LogP contribution is -2.51. The Hall–Kier alpha value is -1.35. The van der Waals surface area contributed by atoms with Crippen LogP contribution < -0.4 is 5.32 Å². The zero-order valence-electron chi connectivity index (χ0n) is 12.9. The number of rotatable bonds is 4. The quantitative estimate of drug-likeness (QED) is 0.915. The van der Waals surface area contributed by atoms with Gasteiger partial charge < -0.3 is 10.2 Å². The number of aryl methyl sites for hydroxylation is 1. The Morgan fingerprint density at radius 3 is 2.65 bits per heavy atom. The van der Waals surface area contributed by atoms with Gasteiger partial charge in [-0.25, -0.2) is 0 Å². The van der Waals surface area contributed by atoms with Crippen molar-refractivity contribution < 1.29 is 4.79 Å². The molecule has 1 heterocycles. The third-order valence-corrected chi connectivity index (χ3v) is 4.00. The second-order valence-corrected chi connectivity index (χ2v) is 6.09. The highest BCUT2D eigenvalue weighted by molar-refractivity contribution is 5.76. The molecule has 1 unspecified atom stereocenters. The van der Waals surface area contributed by atoms with E-state index in [4.69, 9.17) is 0 Å². The highest BCUT2D eigenvalue weighted by Crippen LogP contribution is 2.15. The zero-order chi connectivity index (χ0) is 14.5. The second-order valence-electron chi connectivity index (χ2n) is 6.09. The summed E-state index contributed by atoms with van der Waals surface area (Å²) in [6.45, 7) is 9.12. The van der Waals surface area contributed by atoms with Gasteiger partial charge in [0.1, 0.15) is 0 Å². The molecular formula is C17H26N2O. The van der Waals surface area contributed by atoms with Crippen LogP contribution in [0.1, 0.15) is 44.2 Å². The van der Waals surface area contributed by atoms with Gasteiger partial charge in [-0.05, 0) is 30.4 Å². The van der Waals surface area contributed by atoms with Crippen molar-refractivity contribution in [2.45, 2.75) is 45.6 Å². The lowest BCUT2D eigenvalue weighted by molar-refractivity contribution is -0.132. The first-order valence-electron chi connectivity index (χ1n) is 7.66. The van der Waals surface area contributed by atoms with E-state index in [-0.39, 0.29) is 5.91 Å². The van der Waals surface area contributed by atoms with Crippen molar-refractivity contribution in [3.05, 3.63) is 35.4 Å². The number of carbonyl (C=O) groups is 1.